The number of anilines is 1. The van der Waals surface area contributed by atoms with Gasteiger partial charge in [0.1, 0.15) is 0 Å². The number of hydrogen-bond donors (Lipinski definition) is 1. The molecule has 3 rings (SSSR count). The Bertz CT molecular complexity index is 438. The molecule has 0 aromatic heterocycles. The second-order valence-corrected chi connectivity index (χ2v) is 6.05. The van der Waals surface area contributed by atoms with Crippen LogP contribution in [-0.4, -0.2) is 42.0 Å². The van der Waals surface area contributed by atoms with Gasteiger partial charge in [0.15, 0.2) is 0 Å². The number of nitrogen functional groups attached to an aromatic ring is 1. The highest BCUT2D eigenvalue weighted by Crippen LogP contribution is 2.23. The van der Waals surface area contributed by atoms with E-state index in [0.29, 0.717) is 0 Å². The fourth-order valence-corrected chi connectivity index (χ4v) is 3.48. The predicted octanol–water partition coefficient (Wildman–Crippen LogP) is 2.25. The zero-order valence-corrected chi connectivity index (χ0v) is 11.9. The molecule has 3 heteroatoms. The van der Waals surface area contributed by atoms with Crippen molar-refractivity contribution >= 4 is 5.69 Å². The highest BCUT2D eigenvalue weighted by atomic mass is 15.3. The Hall–Kier alpha value is -1.06. The number of nitrogens with zero attached hydrogens (tertiary/aromatic N) is 2. The van der Waals surface area contributed by atoms with E-state index in [2.05, 4.69) is 28.9 Å². The van der Waals surface area contributed by atoms with Crippen molar-refractivity contribution < 1.29 is 0 Å². The van der Waals surface area contributed by atoms with Gasteiger partial charge in [0.05, 0.1) is 0 Å². The summed E-state index contributed by atoms with van der Waals surface area (Å²) in [5.74, 6) is 0. The van der Waals surface area contributed by atoms with Crippen LogP contribution in [0.25, 0.3) is 0 Å². The molecule has 2 aliphatic rings. The van der Waals surface area contributed by atoms with Crippen LogP contribution < -0.4 is 5.73 Å². The normalized spacial score (nSPS) is 25.2. The third-order valence-electron chi connectivity index (χ3n) is 4.79. The Kier molecular flexibility index (Phi) is 3.76. The number of benzene rings is 1. The minimum atomic E-state index is 0.795. The van der Waals surface area contributed by atoms with E-state index in [1.54, 1.807) is 0 Å². The molecule has 0 saturated carbocycles. The number of hydrogen-bond acceptors (Lipinski definition) is 3. The Morgan fingerprint density at radius 2 is 2.00 bits per heavy atom. The molecule has 1 unspecified atom stereocenters. The molecule has 2 aliphatic heterocycles. The maximum Gasteiger partial charge on any atom is 0.0346 e. The number of likely N-dealkylation sites (tertiary alicyclic amines) is 2. The Morgan fingerprint density at radius 3 is 2.79 bits per heavy atom. The SMILES string of the molecule is Cc1c(N)cccc1CN1CCC(N2CCCC2)C1. The largest absolute Gasteiger partial charge is 0.399 e. The smallest absolute Gasteiger partial charge is 0.0346 e. The van der Waals surface area contributed by atoms with Crippen LogP contribution in [0.2, 0.25) is 0 Å². The first-order chi connectivity index (χ1) is 9.24. The summed E-state index contributed by atoms with van der Waals surface area (Å²) in [6.07, 6.45) is 4.12. The summed E-state index contributed by atoms with van der Waals surface area (Å²) >= 11 is 0. The molecule has 0 radical (unpaired) electrons. The lowest BCUT2D eigenvalue weighted by Gasteiger charge is -2.24. The maximum absolute atomic E-state index is 5.99. The summed E-state index contributed by atoms with van der Waals surface area (Å²) in [5, 5.41) is 0. The molecule has 0 spiro atoms. The Morgan fingerprint density at radius 1 is 1.21 bits per heavy atom. The van der Waals surface area contributed by atoms with Gasteiger partial charge in [-0.1, -0.05) is 12.1 Å². The summed E-state index contributed by atoms with van der Waals surface area (Å²) in [7, 11) is 0. The van der Waals surface area contributed by atoms with E-state index in [1.165, 1.54) is 56.6 Å². The molecule has 0 amide bonds. The predicted molar refractivity (Wildman–Crippen MR) is 80.1 cm³/mol. The van der Waals surface area contributed by atoms with Crippen molar-refractivity contribution in [2.45, 2.75) is 38.8 Å². The molecule has 19 heavy (non-hydrogen) atoms. The molecule has 1 aromatic carbocycles. The molecule has 0 bridgehead atoms. The van der Waals surface area contributed by atoms with Crippen LogP contribution in [0.15, 0.2) is 18.2 Å². The molecule has 3 nitrogen and oxygen atoms in total. The van der Waals surface area contributed by atoms with Crippen LogP contribution in [0.3, 0.4) is 0 Å². The second-order valence-electron chi connectivity index (χ2n) is 6.05. The maximum atomic E-state index is 5.99. The third kappa shape index (κ3) is 2.77. The van der Waals surface area contributed by atoms with Gasteiger partial charge in [0.25, 0.3) is 0 Å². The molecule has 104 valence electrons. The van der Waals surface area contributed by atoms with Gasteiger partial charge in [-0.25, -0.2) is 0 Å². The first kappa shape index (κ1) is 12.9. The van der Waals surface area contributed by atoms with Gasteiger partial charge >= 0.3 is 0 Å². The quantitative estimate of drug-likeness (QED) is 0.845. The van der Waals surface area contributed by atoms with Gasteiger partial charge in [-0.3, -0.25) is 9.80 Å². The lowest BCUT2D eigenvalue weighted by Crippen LogP contribution is -2.35. The fraction of sp³-hybridized carbons (Fsp3) is 0.625. The highest BCUT2D eigenvalue weighted by Gasteiger charge is 2.29. The van der Waals surface area contributed by atoms with Gasteiger partial charge in [-0.05, 0) is 56.5 Å². The monoisotopic (exact) mass is 259 g/mol. The lowest BCUT2D eigenvalue weighted by molar-refractivity contribution is 0.230. The standard InChI is InChI=1S/C16H25N3/c1-13-14(5-4-6-16(13)17)11-18-10-7-15(12-18)19-8-2-3-9-19/h4-6,15H,2-3,7-12,17H2,1H3. The average molecular weight is 259 g/mol. The third-order valence-corrected chi connectivity index (χ3v) is 4.79. The van der Waals surface area contributed by atoms with Crippen LogP contribution in [-0.2, 0) is 6.54 Å². The van der Waals surface area contributed by atoms with E-state index in [-0.39, 0.29) is 0 Å². The molecule has 2 saturated heterocycles. The summed E-state index contributed by atoms with van der Waals surface area (Å²) < 4.78 is 0. The lowest BCUT2D eigenvalue weighted by atomic mass is 10.1. The Labute approximate surface area is 116 Å². The summed E-state index contributed by atoms with van der Waals surface area (Å²) in [4.78, 5) is 5.27. The van der Waals surface area contributed by atoms with E-state index in [0.717, 1.165) is 18.3 Å². The molecule has 0 aliphatic carbocycles. The van der Waals surface area contributed by atoms with Crippen molar-refractivity contribution in [3.05, 3.63) is 29.3 Å². The van der Waals surface area contributed by atoms with Gasteiger partial charge in [0.2, 0.25) is 0 Å². The molecule has 1 atom stereocenters. The van der Waals surface area contributed by atoms with Gasteiger partial charge in [0, 0.05) is 31.4 Å². The molecule has 2 N–H and O–H groups in total. The van der Waals surface area contributed by atoms with Crippen molar-refractivity contribution in [1.82, 2.24) is 9.80 Å². The van der Waals surface area contributed by atoms with Crippen LogP contribution in [0.5, 0.6) is 0 Å². The number of nitrogens with two attached hydrogens (primary N) is 1. The van der Waals surface area contributed by atoms with Gasteiger partial charge in [-0.15, -0.1) is 0 Å². The van der Waals surface area contributed by atoms with Gasteiger partial charge < -0.3 is 5.73 Å². The van der Waals surface area contributed by atoms with E-state index >= 15 is 0 Å². The average Bonchev–Trinajstić information content (AvgIpc) is 3.05. The minimum Gasteiger partial charge on any atom is -0.399 e. The highest BCUT2D eigenvalue weighted by molar-refractivity contribution is 5.49. The van der Waals surface area contributed by atoms with Crippen molar-refractivity contribution in [3.8, 4) is 0 Å². The zero-order valence-electron chi connectivity index (χ0n) is 11.9. The van der Waals surface area contributed by atoms with Crippen LogP contribution in [0, 0.1) is 6.92 Å². The Balaban J connectivity index is 1.60. The van der Waals surface area contributed by atoms with Crippen molar-refractivity contribution in [3.63, 3.8) is 0 Å². The first-order valence-electron chi connectivity index (χ1n) is 7.54. The molecule has 2 heterocycles. The topological polar surface area (TPSA) is 32.5 Å². The van der Waals surface area contributed by atoms with Crippen LogP contribution in [0.1, 0.15) is 30.4 Å². The first-order valence-corrected chi connectivity index (χ1v) is 7.54. The molecule has 1 aromatic rings. The second kappa shape index (κ2) is 5.51. The molecule has 2 fully saturated rings. The summed E-state index contributed by atoms with van der Waals surface area (Å²) in [6.45, 7) is 8.29. The number of rotatable bonds is 3. The van der Waals surface area contributed by atoms with E-state index in [9.17, 15) is 0 Å². The van der Waals surface area contributed by atoms with E-state index in [1.807, 2.05) is 6.07 Å². The fourth-order valence-electron chi connectivity index (χ4n) is 3.48. The van der Waals surface area contributed by atoms with Crippen molar-refractivity contribution in [1.29, 1.82) is 0 Å². The summed E-state index contributed by atoms with van der Waals surface area (Å²) in [5.41, 5.74) is 9.57. The molecular weight excluding hydrogens is 234 g/mol. The zero-order chi connectivity index (χ0) is 13.2. The van der Waals surface area contributed by atoms with Crippen molar-refractivity contribution in [2.24, 2.45) is 0 Å². The van der Waals surface area contributed by atoms with Crippen molar-refractivity contribution in [2.75, 3.05) is 31.9 Å². The van der Waals surface area contributed by atoms with Crippen LogP contribution in [0.4, 0.5) is 5.69 Å². The van der Waals surface area contributed by atoms with E-state index in [4.69, 9.17) is 5.73 Å². The van der Waals surface area contributed by atoms with Crippen LogP contribution >= 0.6 is 0 Å². The van der Waals surface area contributed by atoms with Gasteiger partial charge in [-0.2, -0.15) is 0 Å². The minimum absolute atomic E-state index is 0.795. The summed E-state index contributed by atoms with van der Waals surface area (Å²) in [6, 6.07) is 7.08. The molecular formula is C16H25N3. The van der Waals surface area contributed by atoms with E-state index < -0.39 is 0 Å².